The van der Waals surface area contributed by atoms with Crippen molar-refractivity contribution in [3.63, 3.8) is 0 Å². The Balaban J connectivity index is 2.12. The third kappa shape index (κ3) is 3.68. The Morgan fingerprint density at radius 2 is 1.89 bits per heavy atom. The number of carbonyl (C=O) groups is 1. The molecule has 0 aliphatic rings. The second kappa shape index (κ2) is 6.18. The topological polar surface area (TPSA) is 46.9 Å². The van der Waals surface area contributed by atoms with Gasteiger partial charge in [-0.3, -0.25) is 9.78 Å². The molecule has 0 unspecified atom stereocenters. The zero-order valence-corrected chi connectivity index (χ0v) is 11.3. The number of anilines is 1. The number of rotatable bonds is 5. The molecule has 0 saturated carbocycles. The molecule has 0 radical (unpaired) electrons. The molecule has 0 fully saturated rings. The molecule has 1 atom stereocenters. The summed E-state index contributed by atoms with van der Waals surface area (Å²) in [7, 11) is 0. The fourth-order valence-electron chi connectivity index (χ4n) is 2.03. The van der Waals surface area contributed by atoms with Crippen LogP contribution in [-0.4, -0.2) is 15.5 Å². The number of aromatic nitrogens is 2. The Hall–Kier alpha value is -2.10. The second-order valence-electron chi connectivity index (χ2n) is 5.00. The molecular formula is C15H19N3O. The van der Waals surface area contributed by atoms with Gasteiger partial charge in [0, 0.05) is 30.5 Å². The maximum atomic E-state index is 12.4. The molecular weight excluding hydrogens is 238 g/mol. The van der Waals surface area contributed by atoms with E-state index in [1.54, 1.807) is 24.5 Å². The highest BCUT2D eigenvalue weighted by Crippen LogP contribution is 2.20. The molecule has 0 saturated heterocycles. The summed E-state index contributed by atoms with van der Waals surface area (Å²) in [6.07, 6.45) is 8.01. The average molecular weight is 257 g/mol. The zero-order valence-electron chi connectivity index (χ0n) is 11.3. The van der Waals surface area contributed by atoms with Gasteiger partial charge in [0.05, 0.1) is 0 Å². The Kier molecular flexibility index (Phi) is 4.34. The van der Waals surface area contributed by atoms with Crippen LogP contribution in [0.3, 0.4) is 0 Å². The molecule has 2 aromatic heterocycles. The summed E-state index contributed by atoms with van der Waals surface area (Å²) in [5.74, 6) is 0.465. The van der Waals surface area contributed by atoms with E-state index in [9.17, 15) is 4.79 Å². The zero-order chi connectivity index (χ0) is 13.7. The van der Waals surface area contributed by atoms with Crippen molar-refractivity contribution < 1.29 is 4.79 Å². The molecule has 4 heteroatoms. The maximum Gasteiger partial charge on any atom is 0.247 e. The predicted molar refractivity (Wildman–Crippen MR) is 75.8 cm³/mol. The lowest BCUT2D eigenvalue weighted by Gasteiger charge is -2.20. The molecule has 2 heterocycles. The molecule has 0 aliphatic heterocycles. The number of amides is 1. The quantitative estimate of drug-likeness (QED) is 0.894. The minimum atomic E-state index is -0.178. The summed E-state index contributed by atoms with van der Waals surface area (Å²) in [6, 6.07) is 7.28. The summed E-state index contributed by atoms with van der Waals surface area (Å²) in [5.41, 5.74) is 0.779. The molecule has 0 spiro atoms. The van der Waals surface area contributed by atoms with Gasteiger partial charge in [0.2, 0.25) is 5.91 Å². The van der Waals surface area contributed by atoms with Crippen LogP contribution < -0.4 is 5.32 Å². The molecule has 1 N–H and O–H groups in total. The predicted octanol–water partition coefficient (Wildman–Crippen LogP) is 3.11. The van der Waals surface area contributed by atoms with E-state index in [1.165, 1.54) is 0 Å². The van der Waals surface area contributed by atoms with Crippen LogP contribution in [0, 0.1) is 5.92 Å². The molecule has 19 heavy (non-hydrogen) atoms. The van der Waals surface area contributed by atoms with E-state index in [0.717, 1.165) is 12.1 Å². The maximum absolute atomic E-state index is 12.4. The minimum absolute atomic E-state index is 0.0103. The smallest absolute Gasteiger partial charge is 0.247 e. The first kappa shape index (κ1) is 13.3. The van der Waals surface area contributed by atoms with Gasteiger partial charge < -0.3 is 9.88 Å². The highest BCUT2D eigenvalue weighted by Gasteiger charge is 2.20. The lowest BCUT2D eigenvalue weighted by molar-refractivity contribution is -0.119. The van der Waals surface area contributed by atoms with Gasteiger partial charge in [-0.15, -0.1) is 0 Å². The lowest BCUT2D eigenvalue weighted by atomic mass is 10.0. The van der Waals surface area contributed by atoms with Crippen LogP contribution in [-0.2, 0) is 4.79 Å². The van der Waals surface area contributed by atoms with Gasteiger partial charge in [0.15, 0.2) is 0 Å². The summed E-state index contributed by atoms with van der Waals surface area (Å²) < 4.78 is 1.95. The number of pyridine rings is 1. The van der Waals surface area contributed by atoms with Gasteiger partial charge in [-0.1, -0.05) is 13.8 Å². The number of hydrogen-bond donors (Lipinski definition) is 1. The van der Waals surface area contributed by atoms with Crippen LogP contribution in [0.5, 0.6) is 0 Å². The first-order valence-corrected chi connectivity index (χ1v) is 6.50. The van der Waals surface area contributed by atoms with Crippen molar-refractivity contribution in [2.24, 2.45) is 5.92 Å². The Morgan fingerprint density at radius 3 is 2.47 bits per heavy atom. The number of nitrogens with zero attached hydrogens (tertiary/aromatic N) is 2. The van der Waals surface area contributed by atoms with Crippen molar-refractivity contribution in [3.05, 3.63) is 49.1 Å². The van der Waals surface area contributed by atoms with Gasteiger partial charge in [-0.2, -0.15) is 0 Å². The fraction of sp³-hybridized carbons (Fsp3) is 0.333. The molecule has 0 aromatic carbocycles. The molecule has 4 nitrogen and oxygen atoms in total. The van der Waals surface area contributed by atoms with Gasteiger partial charge in [-0.25, -0.2) is 0 Å². The fourth-order valence-corrected chi connectivity index (χ4v) is 2.03. The highest BCUT2D eigenvalue weighted by molar-refractivity contribution is 5.93. The van der Waals surface area contributed by atoms with E-state index < -0.39 is 0 Å². The molecule has 100 valence electrons. The monoisotopic (exact) mass is 257 g/mol. The summed E-state index contributed by atoms with van der Waals surface area (Å²) in [6.45, 7) is 4.24. The van der Waals surface area contributed by atoms with Crippen molar-refractivity contribution >= 4 is 11.6 Å². The highest BCUT2D eigenvalue weighted by atomic mass is 16.2. The SMILES string of the molecule is CC(C)C[C@@H](C(=O)Nc1ccncc1)n1cccc1. The molecule has 2 aromatic rings. The largest absolute Gasteiger partial charge is 0.342 e. The van der Waals surface area contributed by atoms with E-state index in [-0.39, 0.29) is 11.9 Å². The Bertz CT molecular complexity index is 505. The van der Waals surface area contributed by atoms with Crippen LogP contribution in [0.2, 0.25) is 0 Å². The first-order valence-electron chi connectivity index (χ1n) is 6.50. The van der Waals surface area contributed by atoms with E-state index in [1.807, 2.05) is 29.1 Å². The molecule has 2 rings (SSSR count). The Labute approximate surface area is 113 Å². The van der Waals surface area contributed by atoms with Crippen LogP contribution in [0.25, 0.3) is 0 Å². The normalized spacial score (nSPS) is 12.4. The van der Waals surface area contributed by atoms with E-state index in [4.69, 9.17) is 0 Å². The van der Waals surface area contributed by atoms with Gasteiger partial charge in [0.25, 0.3) is 0 Å². The number of carbonyl (C=O) groups excluding carboxylic acids is 1. The van der Waals surface area contributed by atoms with E-state index in [0.29, 0.717) is 5.92 Å². The summed E-state index contributed by atoms with van der Waals surface area (Å²) in [5, 5.41) is 2.94. The van der Waals surface area contributed by atoms with Crippen molar-refractivity contribution in [2.75, 3.05) is 5.32 Å². The van der Waals surface area contributed by atoms with Crippen molar-refractivity contribution in [1.82, 2.24) is 9.55 Å². The first-order chi connectivity index (χ1) is 9.16. The van der Waals surface area contributed by atoms with Gasteiger partial charge >= 0.3 is 0 Å². The van der Waals surface area contributed by atoms with Crippen LogP contribution >= 0.6 is 0 Å². The summed E-state index contributed by atoms with van der Waals surface area (Å²) in [4.78, 5) is 16.3. The molecule has 0 aliphatic carbocycles. The van der Waals surface area contributed by atoms with Crippen LogP contribution in [0.15, 0.2) is 49.1 Å². The lowest BCUT2D eigenvalue weighted by Crippen LogP contribution is -2.26. The average Bonchev–Trinajstić information content (AvgIpc) is 2.90. The summed E-state index contributed by atoms with van der Waals surface area (Å²) >= 11 is 0. The second-order valence-corrected chi connectivity index (χ2v) is 5.00. The van der Waals surface area contributed by atoms with Crippen molar-refractivity contribution in [3.8, 4) is 0 Å². The van der Waals surface area contributed by atoms with Crippen LogP contribution in [0.1, 0.15) is 26.3 Å². The third-order valence-electron chi connectivity index (χ3n) is 2.93. The number of hydrogen-bond acceptors (Lipinski definition) is 2. The van der Waals surface area contributed by atoms with Crippen molar-refractivity contribution in [1.29, 1.82) is 0 Å². The van der Waals surface area contributed by atoms with E-state index >= 15 is 0 Å². The molecule has 0 bridgehead atoms. The van der Waals surface area contributed by atoms with E-state index in [2.05, 4.69) is 24.1 Å². The third-order valence-corrected chi connectivity index (χ3v) is 2.93. The number of nitrogens with one attached hydrogen (secondary N) is 1. The van der Waals surface area contributed by atoms with Gasteiger partial charge in [0.1, 0.15) is 6.04 Å². The standard InChI is InChI=1S/C15H19N3O/c1-12(2)11-14(18-9-3-4-10-18)15(19)17-13-5-7-16-8-6-13/h3-10,12,14H,11H2,1-2H3,(H,16,17,19)/t14-/m0/s1. The Morgan fingerprint density at radius 1 is 1.26 bits per heavy atom. The van der Waals surface area contributed by atoms with Crippen molar-refractivity contribution in [2.45, 2.75) is 26.3 Å². The molecule has 1 amide bonds. The minimum Gasteiger partial charge on any atom is -0.342 e. The van der Waals surface area contributed by atoms with Gasteiger partial charge in [-0.05, 0) is 36.6 Å². The van der Waals surface area contributed by atoms with Crippen LogP contribution in [0.4, 0.5) is 5.69 Å².